The van der Waals surface area contributed by atoms with Gasteiger partial charge >= 0.3 is 0 Å². The van der Waals surface area contributed by atoms with Gasteiger partial charge in [0.2, 0.25) is 5.91 Å². The molecule has 0 aromatic heterocycles. The van der Waals surface area contributed by atoms with Crippen molar-refractivity contribution in [3.63, 3.8) is 0 Å². The van der Waals surface area contributed by atoms with Crippen LogP contribution in [0.5, 0.6) is 0 Å². The van der Waals surface area contributed by atoms with Crippen LogP contribution in [0.25, 0.3) is 0 Å². The molecule has 24 heavy (non-hydrogen) atoms. The quantitative estimate of drug-likeness (QED) is 0.775. The maximum Gasteiger partial charge on any atom is 0.233 e. The first-order valence-corrected chi connectivity index (χ1v) is 9.03. The monoisotopic (exact) mass is 385 g/mol. The number of hydrogen-bond acceptors (Lipinski definition) is 2. The highest BCUT2D eigenvalue weighted by atomic mass is 79.9. The van der Waals surface area contributed by atoms with Crippen molar-refractivity contribution in [1.82, 2.24) is 4.90 Å². The zero-order valence-corrected chi connectivity index (χ0v) is 15.5. The van der Waals surface area contributed by atoms with Gasteiger partial charge < -0.3 is 9.64 Å². The molecule has 1 amide bonds. The summed E-state index contributed by atoms with van der Waals surface area (Å²) in [5, 5.41) is 0. The zero-order valence-electron chi connectivity index (χ0n) is 13.9. The number of hydrogen-bond donors (Lipinski definition) is 0. The van der Waals surface area contributed by atoms with Gasteiger partial charge in [-0.15, -0.1) is 0 Å². The number of carbonyl (C=O) groups is 1. The fourth-order valence-corrected chi connectivity index (χ4v) is 4.34. The van der Waals surface area contributed by atoms with E-state index in [0.717, 1.165) is 21.2 Å². The molecule has 3 nitrogen and oxygen atoms in total. The minimum absolute atomic E-state index is 0.170. The predicted octanol–water partition coefficient (Wildman–Crippen LogP) is 4.17. The van der Waals surface area contributed by atoms with Crippen LogP contribution in [0.15, 0.2) is 46.9 Å². The molecular weight excluding hydrogens is 366 g/mol. The van der Waals surface area contributed by atoms with Crippen molar-refractivity contribution in [2.75, 3.05) is 6.54 Å². The first kappa shape index (κ1) is 15.9. The number of amides is 1. The Hall–Kier alpha value is -1.65. The van der Waals surface area contributed by atoms with Crippen LogP contribution < -0.4 is 0 Å². The molecule has 0 spiro atoms. The van der Waals surface area contributed by atoms with Crippen LogP contribution in [0.2, 0.25) is 0 Å². The van der Waals surface area contributed by atoms with Crippen molar-refractivity contribution in [2.45, 2.75) is 38.5 Å². The van der Waals surface area contributed by atoms with Gasteiger partial charge in [-0.25, -0.2) is 0 Å². The van der Waals surface area contributed by atoms with Crippen LogP contribution in [0.4, 0.5) is 0 Å². The van der Waals surface area contributed by atoms with Crippen LogP contribution in [-0.4, -0.2) is 23.0 Å². The lowest BCUT2D eigenvalue weighted by Gasteiger charge is -2.36. The number of ether oxygens (including phenoxy) is 1. The number of likely N-dealkylation sites (tertiary alicyclic amines) is 1. The van der Waals surface area contributed by atoms with Crippen molar-refractivity contribution in [3.05, 3.63) is 69.2 Å². The number of halogens is 1. The SMILES string of the molecule is Cc1c(Br)ccc2c1CO[C@@]1(C)CN(Cc3ccccc3)C(=O)[C@@H]21. The summed E-state index contributed by atoms with van der Waals surface area (Å²) in [5.41, 5.74) is 4.16. The molecule has 4 rings (SSSR count). The van der Waals surface area contributed by atoms with Gasteiger partial charge in [-0.3, -0.25) is 4.79 Å². The third-order valence-corrected chi connectivity index (χ3v) is 6.18. The van der Waals surface area contributed by atoms with E-state index in [1.165, 1.54) is 5.56 Å². The van der Waals surface area contributed by atoms with Crippen molar-refractivity contribution in [3.8, 4) is 0 Å². The summed E-state index contributed by atoms with van der Waals surface area (Å²) in [7, 11) is 0. The average Bonchev–Trinajstić information content (AvgIpc) is 2.83. The van der Waals surface area contributed by atoms with Crippen LogP contribution in [0.1, 0.15) is 35.1 Å². The van der Waals surface area contributed by atoms with Gasteiger partial charge in [-0.2, -0.15) is 0 Å². The van der Waals surface area contributed by atoms with E-state index in [4.69, 9.17) is 4.74 Å². The highest BCUT2D eigenvalue weighted by Crippen LogP contribution is 2.46. The van der Waals surface area contributed by atoms with E-state index < -0.39 is 5.60 Å². The predicted molar refractivity (Wildman–Crippen MR) is 96.7 cm³/mol. The Labute approximate surface area is 150 Å². The van der Waals surface area contributed by atoms with Gasteiger partial charge in [-0.05, 0) is 42.2 Å². The van der Waals surface area contributed by atoms with E-state index >= 15 is 0 Å². The summed E-state index contributed by atoms with van der Waals surface area (Å²) in [4.78, 5) is 15.1. The Morgan fingerprint density at radius 2 is 2.00 bits per heavy atom. The Morgan fingerprint density at radius 3 is 2.75 bits per heavy atom. The summed E-state index contributed by atoms with van der Waals surface area (Å²) in [6.45, 7) is 6.00. The molecule has 1 saturated heterocycles. The highest BCUT2D eigenvalue weighted by molar-refractivity contribution is 9.10. The van der Waals surface area contributed by atoms with Crippen molar-refractivity contribution in [1.29, 1.82) is 0 Å². The van der Waals surface area contributed by atoms with Crippen molar-refractivity contribution in [2.24, 2.45) is 0 Å². The summed E-state index contributed by atoms with van der Waals surface area (Å²) in [5.74, 6) is -0.0409. The van der Waals surface area contributed by atoms with E-state index in [9.17, 15) is 4.79 Å². The van der Waals surface area contributed by atoms with Gasteiger partial charge in [0.05, 0.1) is 24.7 Å². The lowest BCUT2D eigenvalue weighted by Crippen LogP contribution is -2.40. The number of carbonyl (C=O) groups excluding carboxylic acids is 1. The molecule has 1 fully saturated rings. The smallest absolute Gasteiger partial charge is 0.233 e. The number of rotatable bonds is 2. The third kappa shape index (κ3) is 2.40. The highest BCUT2D eigenvalue weighted by Gasteiger charge is 2.53. The molecule has 0 unspecified atom stereocenters. The minimum atomic E-state index is -0.445. The van der Waals surface area contributed by atoms with Gasteiger partial charge in [0.1, 0.15) is 0 Å². The molecule has 0 radical (unpaired) electrons. The molecule has 2 aromatic rings. The molecule has 2 aliphatic heterocycles. The molecular formula is C20H20BrNO2. The number of nitrogens with zero attached hydrogens (tertiary/aromatic N) is 1. The molecule has 124 valence electrons. The second kappa shape index (κ2) is 5.71. The molecule has 0 saturated carbocycles. The maximum atomic E-state index is 13.1. The minimum Gasteiger partial charge on any atom is -0.368 e. The fourth-order valence-electron chi connectivity index (χ4n) is 3.97. The Balaban J connectivity index is 1.70. The molecule has 2 aliphatic rings. The molecule has 2 atom stereocenters. The summed E-state index contributed by atoms with van der Waals surface area (Å²) in [6.07, 6.45) is 0. The van der Waals surface area contributed by atoms with Crippen LogP contribution in [-0.2, 0) is 22.7 Å². The van der Waals surface area contributed by atoms with Crippen molar-refractivity contribution < 1.29 is 9.53 Å². The average molecular weight is 386 g/mol. The van der Waals surface area contributed by atoms with Crippen LogP contribution in [0.3, 0.4) is 0 Å². The molecule has 2 aromatic carbocycles. The Bertz CT molecular complexity index is 805. The van der Waals surface area contributed by atoms with E-state index in [2.05, 4.69) is 48.0 Å². The van der Waals surface area contributed by atoms with Gasteiger partial charge in [-0.1, -0.05) is 52.3 Å². The van der Waals surface area contributed by atoms with Gasteiger partial charge in [0.15, 0.2) is 0 Å². The molecule has 0 N–H and O–H groups in total. The van der Waals surface area contributed by atoms with E-state index in [-0.39, 0.29) is 11.8 Å². The second-order valence-electron chi connectivity index (χ2n) is 6.95. The first-order valence-electron chi connectivity index (χ1n) is 8.24. The fraction of sp³-hybridized carbons (Fsp3) is 0.350. The van der Waals surface area contributed by atoms with Crippen molar-refractivity contribution >= 4 is 21.8 Å². The topological polar surface area (TPSA) is 29.5 Å². The first-order chi connectivity index (χ1) is 11.5. The molecule has 4 heteroatoms. The summed E-state index contributed by atoms with van der Waals surface area (Å²) >= 11 is 3.58. The Morgan fingerprint density at radius 1 is 1.25 bits per heavy atom. The Kier molecular flexibility index (Phi) is 3.77. The third-order valence-electron chi connectivity index (χ3n) is 5.32. The lowest BCUT2D eigenvalue weighted by molar-refractivity contribution is -0.131. The van der Waals surface area contributed by atoms with E-state index in [1.54, 1.807) is 0 Å². The molecule has 0 aliphatic carbocycles. The summed E-state index contributed by atoms with van der Waals surface area (Å²) in [6, 6.07) is 14.3. The molecule has 2 heterocycles. The lowest BCUT2D eigenvalue weighted by atomic mass is 9.80. The normalized spacial score (nSPS) is 25.5. The number of fused-ring (bicyclic) bond motifs is 3. The number of benzene rings is 2. The zero-order chi connectivity index (χ0) is 16.9. The summed E-state index contributed by atoms with van der Waals surface area (Å²) < 4.78 is 7.28. The van der Waals surface area contributed by atoms with Gasteiger partial charge in [0, 0.05) is 11.0 Å². The second-order valence-corrected chi connectivity index (χ2v) is 7.81. The van der Waals surface area contributed by atoms with E-state index in [1.807, 2.05) is 29.2 Å². The largest absolute Gasteiger partial charge is 0.368 e. The maximum absolute atomic E-state index is 13.1. The standard InChI is InChI=1S/C20H20BrNO2/c1-13-16-11-24-20(2)12-22(10-14-6-4-3-5-7-14)19(23)18(20)15(16)8-9-17(13)21/h3-9,18H,10-12H2,1-2H3/t18-,20+/m1/s1. The molecule has 0 bridgehead atoms. The van der Waals surface area contributed by atoms with Crippen LogP contribution >= 0.6 is 15.9 Å². The van der Waals surface area contributed by atoms with Gasteiger partial charge in [0.25, 0.3) is 0 Å². The van der Waals surface area contributed by atoms with Crippen LogP contribution in [0, 0.1) is 6.92 Å². The van der Waals surface area contributed by atoms with E-state index in [0.29, 0.717) is 19.7 Å².